The second kappa shape index (κ2) is 14.0. The van der Waals surface area contributed by atoms with Crippen molar-refractivity contribution >= 4 is 29.7 Å². The monoisotopic (exact) mass is 488 g/mol. The van der Waals surface area contributed by atoms with E-state index >= 15 is 0 Å². The Morgan fingerprint density at radius 3 is 2.64 bits per heavy atom. The van der Waals surface area contributed by atoms with Crippen LogP contribution in [-0.4, -0.2) is 59.0 Å². The van der Waals surface area contributed by atoms with Gasteiger partial charge in [0.25, 0.3) is 0 Å². The van der Waals surface area contributed by atoms with Crippen molar-refractivity contribution in [2.24, 2.45) is 5.92 Å². The summed E-state index contributed by atoms with van der Waals surface area (Å²) < 4.78 is 38.1. The third kappa shape index (κ3) is 9.96. The molecule has 1 aliphatic heterocycles. The number of likely N-dealkylation sites (tertiary alicyclic amines) is 1. The summed E-state index contributed by atoms with van der Waals surface area (Å²) in [6, 6.07) is 2.76. The predicted octanol–water partition coefficient (Wildman–Crippen LogP) is 5.28. The van der Waals surface area contributed by atoms with Gasteiger partial charge in [0.2, 0.25) is 12.3 Å². The molecule has 2 atom stereocenters. The summed E-state index contributed by atoms with van der Waals surface area (Å²) in [7, 11) is 0. The highest BCUT2D eigenvalue weighted by molar-refractivity contribution is 6.30. The minimum absolute atomic E-state index is 0.107. The zero-order valence-corrected chi connectivity index (χ0v) is 20.2. The van der Waals surface area contributed by atoms with Gasteiger partial charge >= 0.3 is 6.18 Å². The largest absolute Gasteiger partial charge is 0.406 e. The first-order chi connectivity index (χ1) is 15.6. The van der Waals surface area contributed by atoms with Crippen LogP contribution in [0.1, 0.15) is 40.5 Å². The van der Waals surface area contributed by atoms with Gasteiger partial charge in [-0.3, -0.25) is 14.5 Å². The number of nitrogens with one attached hydrogen (secondary N) is 1. The van der Waals surface area contributed by atoms with E-state index in [2.05, 4.69) is 10.3 Å². The molecular formula is C23H32ClF3N4O2. The molecule has 33 heavy (non-hydrogen) atoms. The molecule has 0 radical (unpaired) electrons. The highest BCUT2D eigenvalue weighted by atomic mass is 35.5. The maximum Gasteiger partial charge on any atom is 0.406 e. The summed E-state index contributed by atoms with van der Waals surface area (Å²) in [5.74, 6) is 0.0428. The molecular weight excluding hydrogens is 457 g/mol. The first kappa shape index (κ1) is 28.6. The zero-order valence-electron chi connectivity index (χ0n) is 19.4. The van der Waals surface area contributed by atoms with Gasteiger partial charge in [0.15, 0.2) is 0 Å². The minimum Gasteiger partial charge on any atom is -0.312 e. The molecule has 1 fully saturated rings. The quantitative estimate of drug-likeness (QED) is 0.399. The van der Waals surface area contributed by atoms with E-state index in [9.17, 15) is 22.8 Å². The van der Waals surface area contributed by atoms with Crippen LogP contribution >= 0.6 is 11.6 Å². The van der Waals surface area contributed by atoms with E-state index in [1.54, 1.807) is 38.1 Å². The molecule has 1 saturated heterocycles. The number of nitrogens with zero attached hydrogens (tertiary/aromatic N) is 3. The Bertz CT molecular complexity index is 813. The van der Waals surface area contributed by atoms with Crippen molar-refractivity contribution in [2.75, 3.05) is 25.0 Å². The van der Waals surface area contributed by atoms with E-state index in [0.717, 1.165) is 12.8 Å². The number of pyridine rings is 1. The topological polar surface area (TPSA) is 65.5 Å². The lowest BCUT2D eigenvalue weighted by atomic mass is 9.89. The molecule has 0 aromatic carbocycles. The summed E-state index contributed by atoms with van der Waals surface area (Å²) in [5, 5.41) is 3.21. The molecule has 2 heterocycles. The molecule has 1 aliphatic rings. The molecule has 2 amide bonds. The van der Waals surface area contributed by atoms with Gasteiger partial charge in [-0.25, -0.2) is 4.98 Å². The maximum absolute atomic E-state index is 12.7. The lowest BCUT2D eigenvalue weighted by molar-refractivity contribution is -0.148. The summed E-state index contributed by atoms with van der Waals surface area (Å²) in [6.07, 6.45) is 3.33. The maximum atomic E-state index is 12.7. The number of halogens is 4. The third-order valence-corrected chi connectivity index (χ3v) is 5.22. The van der Waals surface area contributed by atoms with Crippen LogP contribution in [-0.2, 0) is 9.59 Å². The number of rotatable bonds is 8. The highest BCUT2D eigenvalue weighted by Gasteiger charge is 2.32. The van der Waals surface area contributed by atoms with E-state index < -0.39 is 18.8 Å². The SMILES string of the molecule is C/C=C\C(=C/N(C=O)CC(F)(F)F)C1CCCN(C(C)C(=O)Nc2ccc(Cl)cn2)C1.CC. The van der Waals surface area contributed by atoms with Gasteiger partial charge in [-0.2, -0.15) is 13.2 Å². The Morgan fingerprint density at radius 2 is 2.09 bits per heavy atom. The van der Waals surface area contributed by atoms with Gasteiger partial charge in [0.05, 0.1) is 11.1 Å². The Kier molecular flexibility index (Phi) is 12.2. The lowest BCUT2D eigenvalue weighted by Gasteiger charge is -2.37. The number of anilines is 1. The number of hydrogen-bond acceptors (Lipinski definition) is 4. The minimum atomic E-state index is -4.49. The van der Waals surface area contributed by atoms with Gasteiger partial charge in [0.1, 0.15) is 12.4 Å². The standard InChI is InChI=1S/C21H26ClF3N4O2.C2H6/c1-3-5-16(11-28(14-30)13-21(23,24)25)17-6-4-9-29(12-17)15(2)20(31)27-19-8-7-18(22)10-26-19;1-2/h3,5,7-8,10-11,14-15,17H,4,6,9,12-13H2,1-2H3,(H,26,27,31);1-2H3/b5-3-,16-11+;. The molecule has 1 aromatic rings. The van der Waals surface area contributed by atoms with Gasteiger partial charge in [-0.05, 0) is 56.9 Å². The molecule has 0 saturated carbocycles. The van der Waals surface area contributed by atoms with Gasteiger partial charge in [0, 0.05) is 18.9 Å². The molecule has 0 bridgehead atoms. The fourth-order valence-electron chi connectivity index (χ4n) is 3.47. The van der Waals surface area contributed by atoms with Crippen LogP contribution in [0.5, 0.6) is 0 Å². The first-order valence-electron chi connectivity index (χ1n) is 10.9. The van der Waals surface area contributed by atoms with Crippen LogP contribution in [0.3, 0.4) is 0 Å². The predicted molar refractivity (Wildman–Crippen MR) is 125 cm³/mol. The normalized spacial score (nSPS) is 18.3. The number of amides is 2. The second-order valence-electron chi connectivity index (χ2n) is 7.38. The summed E-state index contributed by atoms with van der Waals surface area (Å²) in [4.78, 5) is 30.4. The summed E-state index contributed by atoms with van der Waals surface area (Å²) in [6.45, 7) is 7.35. The third-order valence-electron chi connectivity index (χ3n) is 5.00. The van der Waals surface area contributed by atoms with E-state index in [1.165, 1.54) is 12.4 Å². The van der Waals surface area contributed by atoms with Gasteiger partial charge in [-0.15, -0.1) is 0 Å². The average molecular weight is 489 g/mol. The van der Waals surface area contributed by atoms with Crippen LogP contribution in [0.15, 0.2) is 42.3 Å². The van der Waals surface area contributed by atoms with Crippen LogP contribution in [0.25, 0.3) is 0 Å². The number of carbonyl (C=O) groups excluding carboxylic acids is 2. The Labute approximate surface area is 198 Å². The Balaban J connectivity index is 0.00000265. The number of piperidine rings is 1. The number of carbonyl (C=O) groups is 2. The van der Waals surface area contributed by atoms with E-state index in [1.807, 2.05) is 18.7 Å². The van der Waals surface area contributed by atoms with Crippen molar-refractivity contribution in [1.29, 1.82) is 0 Å². The van der Waals surface area contributed by atoms with Crippen molar-refractivity contribution in [3.8, 4) is 0 Å². The Hall–Kier alpha value is -2.39. The van der Waals surface area contributed by atoms with Crippen LogP contribution in [0.4, 0.5) is 19.0 Å². The molecule has 1 aromatic heterocycles. The summed E-state index contributed by atoms with van der Waals surface area (Å²) in [5.41, 5.74) is 0.621. The van der Waals surface area contributed by atoms with Crippen molar-refractivity contribution in [3.63, 3.8) is 0 Å². The molecule has 0 aliphatic carbocycles. The molecule has 2 unspecified atom stereocenters. The molecule has 10 heteroatoms. The van der Waals surface area contributed by atoms with Crippen molar-refractivity contribution in [1.82, 2.24) is 14.8 Å². The smallest absolute Gasteiger partial charge is 0.312 e. The van der Waals surface area contributed by atoms with E-state index in [-0.39, 0.29) is 18.2 Å². The summed E-state index contributed by atoms with van der Waals surface area (Å²) >= 11 is 5.80. The molecule has 2 rings (SSSR count). The number of alkyl halides is 3. The fraction of sp³-hybridized carbons (Fsp3) is 0.522. The van der Waals surface area contributed by atoms with Crippen LogP contribution in [0, 0.1) is 5.92 Å². The Morgan fingerprint density at radius 1 is 1.39 bits per heavy atom. The van der Waals surface area contributed by atoms with E-state index in [0.29, 0.717) is 34.4 Å². The molecule has 6 nitrogen and oxygen atoms in total. The van der Waals surface area contributed by atoms with Crippen molar-refractivity contribution < 1.29 is 22.8 Å². The van der Waals surface area contributed by atoms with Crippen molar-refractivity contribution in [2.45, 2.75) is 52.8 Å². The van der Waals surface area contributed by atoms with Gasteiger partial charge in [-0.1, -0.05) is 37.6 Å². The highest BCUT2D eigenvalue weighted by Crippen LogP contribution is 2.27. The average Bonchev–Trinajstić information content (AvgIpc) is 2.79. The van der Waals surface area contributed by atoms with Crippen molar-refractivity contribution in [3.05, 3.63) is 47.3 Å². The van der Waals surface area contributed by atoms with Crippen LogP contribution < -0.4 is 5.32 Å². The molecule has 0 spiro atoms. The number of allylic oxidation sites excluding steroid dienone is 2. The molecule has 1 N–H and O–H groups in total. The van der Waals surface area contributed by atoms with E-state index in [4.69, 9.17) is 11.6 Å². The lowest BCUT2D eigenvalue weighted by Crippen LogP contribution is -2.47. The molecule has 184 valence electrons. The fourth-order valence-corrected chi connectivity index (χ4v) is 3.58. The first-order valence-corrected chi connectivity index (χ1v) is 11.3. The zero-order chi connectivity index (χ0) is 25.0. The number of hydrogen-bond donors (Lipinski definition) is 1. The van der Waals surface area contributed by atoms with Gasteiger partial charge < -0.3 is 10.2 Å². The van der Waals surface area contributed by atoms with Crippen LogP contribution in [0.2, 0.25) is 5.02 Å². The second-order valence-corrected chi connectivity index (χ2v) is 7.82. The number of aromatic nitrogens is 1.